The average Bonchev–Trinajstić information content (AvgIpc) is 2.63. The molecular formula is C11H19NO3. The number of aliphatic hydroxyl groups excluding tert-OH is 1. The summed E-state index contributed by atoms with van der Waals surface area (Å²) < 4.78 is 5.56. The molecule has 4 heteroatoms. The van der Waals surface area contributed by atoms with Crippen molar-refractivity contribution in [3.63, 3.8) is 0 Å². The molecule has 4 nitrogen and oxygen atoms in total. The second-order valence-corrected chi connectivity index (χ2v) is 4.58. The molecule has 1 heterocycles. The summed E-state index contributed by atoms with van der Waals surface area (Å²) in [5.74, 6) is 0.362. The quantitative estimate of drug-likeness (QED) is 0.711. The maximum absolute atomic E-state index is 11.6. The SMILES string of the molecule is CC1CN(C2CCCC2=O)CC(CO)O1. The highest BCUT2D eigenvalue weighted by Gasteiger charge is 2.35. The van der Waals surface area contributed by atoms with Crippen molar-refractivity contribution in [2.24, 2.45) is 0 Å². The first-order chi connectivity index (χ1) is 7.20. The zero-order valence-corrected chi connectivity index (χ0v) is 9.19. The Morgan fingerprint density at radius 1 is 1.53 bits per heavy atom. The Morgan fingerprint density at radius 3 is 2.93 bits per heavy atom. The topological polar surface area (TPSA) is 49.8 Å². The van der Waals surface area contributed by atoms with Gasteiger partial charge in [-0.3, -0.25) is 9.69 Å². The summed E-state index contributed by atoms with van der Waals surface area (Å²) >= 11 is 0. The highest BCUT2D eigenvalue weighted by atomic mass is 16.5. The van der Waals surface area contributed by atoms with Crippen LogP contribution in [0.4, 0.5) is 0 Å². The van der Waals surface area contributed by atoms with E-state index in [0.717, 1.165) is 25.8 Å². The Kier molecular flexibility index (Phi) is 3.38. The van der Waals surface area contributed by atoms with Crippen LogP contribution in [0, 0.1) is 0 Å². The van der Waals surface area contributed by atoms with E-state index in [9.17, 15) is 4.79 Å². The fourth-order valence-corrected chi connectivity index (χ4v) is 2.62. The molecule has 2 fully saturated rings. The monoisotopic (exact) mass is 213 g/mol. The van der Waals surface area contributed by atoms with E-state index in [2.05, 4.69) is 4.90 Å². The van der Waals surface area contributed by atoms with Crippen molar-refractivity contribution in [2.75, 3.05) is 19.7 Å². The van der Waals surface area contributed by atoms with Crippen molar-refractivity contribution in [1.82, 2.24) is 4.90 Å². The molecule has 0 aromatic carbocycles. The Labute approximate surface area is 90.2 Å². The third-order valence-electron chi connectivity index (χ3n) is 3.27. The van der Waals surface area contributed by atoms with Gasteiger partial charge in [0.1, 0.15) is 5.78 Å². The number of hydrogen-bond donors (Lipinski definition) is 1. The lowest BCUT2D eigenvalue weighted by Gasteiger charge is -2.38. The minimum absolute atomic E-state index is 0.0434. The van der Waals surface area contributed by atoms with Gasteiger partial charge in [-0.05, 0) is 19.8 Å². The average molecular weight is 213 g/mol. The first-order valence-corrected chi connectivity index (χ1v) is 5.73. The van der Waals surface area contributed by atoms with Crippen LogP contribution in [0.5, 0.6) is 0 Å². The molecule has 0 amide bonds. The van der Waals surface area contributed by atoms with Gasteiger partial charge in [-0.2, -0.15) is 0 Å². The van der Waals surface area contributed by atoms with Crippen LogP contribution in [0.1, 0.15) is 26.2 Å². The number of aliphatic hydroxyl groups is 1. The Hall–Kier alpha value is -0.450. The van der Waals surface area contributed by atoms with E-state index in [1.54, 1.807) is 0 Å². The zero-order valence-electron chi connectivity index (χ0n) is 9.19. The van der Waals surface area contributed by atoms with E-state index >= 15 is 0 Å². The zero-order chi connectivity index (χ0) is 10.8. The van der Waals surface area contributed by atoms with Gasteiger partial charge in [-0.15, -0.1) is 0 Å². The van der Waals surface area contributed by atoms with E-state index in [1.165, 1.54) is 0 Å². The van der Waals surface area contributed by atoms with Gasteiger partial charge in [0.15, 0.2) is 0 Å². The highest BCUT2D eigenvalue weighted by Crippen LogP contribution is 2.23. The van der Waals surface area contributed by atoms with E-state index in [0.29, 0.717) is 12.3 Å². The summed E-state index contributed by atoms with van der Waals surface area (Å²) in [6.07, 6.45) is 2.70. The predicted octanol–water partition coefficient (Wildman–Crippen LogP) is 0.190. The third-order valence-corrected chi connectivity index (χ3v) is 3.27. The molecule has 1 N–H and O–H groups in total. The van der Waals surface area contributed by atoms with Gasteiger partial charge in [-0.25, -0.2) is 0 Å². The predicted molar refractivity (Wildman–Crippen MR) is 55.6 cm³/mol. The maximum atomic E-state index is 11.6. The number of carbonyl (C=O) groups excluding carboxylic acids is 1. The maximum Gasteiger partial charge on any atom is 0.149 e. The summed E-state index contributed by atoms with van der Waals surface area (Å²) in [6.45, 7) is 3.54. The second-order valence-electron chi connectivity index (χ2n) is 4.58. The van der Waals surface area contributed by atoms with Gasteiger partial charge in [0.05, 0.1) is 24.9 Å². The van der Waals surface area contributed by atoms with Gasteiger partial charge >= 0.3 is 0 Å². The first-order valence-electron chi connectivity index (χ1n) is 5.73. The lowest BCUT2D eigenvalue weighted by atomic mass is 10.1. The standard InChI is InChI=1S/C11H19NO3/c1-8-5-12(6-9(7-13)15-8)10-3-2-4-11(10)14/h8-10,13H,2-7H2,1H3. The Bertz CT molecular complexity index is 244. The highest BCUT2D eigenvalue weighted by molar-refractivity contribution is 5.85. The van der Waals surface area contributed by atoms with E-state index in [1.807, 2.05) is 6.92 Å². The summed E-state index contributed by atoms with van der Waals surface area (Å²) in [4.78, 5) is 13.8. The van der Waals surface area contributed by atoms with Crippen LogP contribution in [0.2, 0.25) is 0 Å². The van der Waals surface area contributed by atoms with Crippen LogP contribution in [-0.4, -0.2) is 53.7 Å². The molecule has 2 rings (SSSR count). The van der Waals surface area contributed by atoms with Crippen LogP contribution in [-0.2, 0) is 9.53 Å². The molecule has 1 aliphatic carbocycles. The fourth-order valence-electron chi connectivity index (χ4n) is 2.62. The molecule has 1 saturated carbocycles. The number of hydrogen-bond acceptors (Lipinski definition) is 4. The van der Waals surface area contributed by atoms with Crippen LogP contribution in [0.15, 0.2) is 0 Å². The van der Waals surface area contributed by atoms with Crippen molar-refractivity contribution in [2.45, 2.75) is 44.4 Å². The number of Topliss-reactive ketones (excluding diaryl/α,β-unsaturated/α-hetero) is 1. The van der Waals surface area contributed by atoms with Crippen molar-refractivity contribution < 1.29 is 14.6 Å². The van der Waals surface area contributed by atoms with Gasteiger partial charge in [0.25, 0.3) is 0 Å². The molecule has 3 unspecified atom stereocenters. The molecule has 15 heavy (non-hydrogen) atoms. The number of rotatable bonds is 2. The van der Waals surface area contributed by atoms with E-state index in [4.69, 9.17) is 9.84 Å². The van der Waals surface area contributed by atoms with Gasteiger partial charge < -0.3 is 9.84 Å². The molecule has 0 bridgehead atoms. The Morgan fingerprint density at radius 2 is 2.33 bits per heavy atom. The molecule has 0 aromatic rings. The second kappa shape index (κ2) is 4.60. The summed E-state index contributed by atoms with van der Waals surface area (Å²) in [6, 6.07) is 0.0883. The lowest BCUT2D eigenvalue weighted by Crippen LogP contribution is -2.53. The molecule has 1 aliphatic heterocycles. The summed E-state index contributed by atoms with van der Waals surface area (Å²) in [5, 5.41) is 9.10. The van der Waals surface area contributed by atoms with Crippen LogP contribution in [0.3, 0.4) is 0 Å². The number of nitrogens with zero attached hydrogens (tertiary/aromatic N) is 1. The van der Waals surface area contributed by atoms with Gasteiger partial charge in [0, 0.05) is 19.5 Å². The third kappa shape index (κ3) is 2.38. The largest absolute Gasteiger partial charge is 0.394 e. The van der Waals surface area contributed by atoms with Gasteiger partial charge in [-0.1, -0.05) is 0 Å². The smallest absolute Gasteiger partial charge is 0.149 e. The number of morpholine rings is 1. The minimum atomic E-state index is -0.123. The van der Waals surface area contributed by atoms with Gasteiger partial charge in [0.2, 0.25) is 0 Å². The van der Waals surface area contributed by atoms with Crippen molar-refractivity contribution in [3.8, 4) is 0 Å². The normalized spacial score (nSPS) is 38.5. The van der Waals surface area contributed by atoms with Crippen molar-refractivity contribution in [1.29, 1.82) is 0 Å². The summed E-state index contributed by atoms with van der Waals surface area (Å²) in [7, 11) is 0. The van der Waals surface area contributed by atoms with Crippen LogP contribution in [0.25, 0.3) is 0 Å². The first kappa shape index (κ1) is 11.0. The molecule has 2 aliphatic rings. The van der Waals surface area contributed by atoms with E-state index < -0.39 is 0 Å². The Balaban J connectivity index is 1.98. The summed E-state index contributed by atoms with van der Waals surface area (Å²) in [5.41, 5.74) is 0. The number of ether oxygens (including phenoxy) is 1. The molecule has 86 valence electrons. The van der Waals surface area contributed by atoms with Crippen LogP contribution < -0.4 is 0 Å². The molecule has 1 saturated heterocycles. The minimum Gasteiger partial charge on any atom is -0.394 e. The lowest BCUT2D eigenvalue weighted by molar-refractivity contribution is -0.131. The fraction of sp³-hybridized carbons (Fsp3) is 0.909. The number of carbonyl (C=O) groups is 1. The molecule has 0 radical (unpaired) electrons. The van der Waals surface area contributed by atoms with Crippen molar-refractivity contribution in [3.05, 3.63) is 0 Å². The number of ketones is 1. The molecule has 3 atom stereocenters. The molecule has 0 spiro atoms. The van der Waals surface area contributed by atoms with Crippen molar-refractivity contribution >= 4 is 5.78 Å². The van der Waals surface area contributed by atoms with E-state index in [-0.39, 0.29) is 24.9 Å². The molecule has 0 aromatic heterocycles. The molecular weight excluding hydrogens is 194 g/mol. The van der Waals surface area contributed by atoms with Crippen LogP contribution >= 0.6 is 0 Å².